The molecule has 1 heterocycles. The van der Waals surface area contributed by atoms with Gasteiger partial charge in [-0.2, -0.15) is 0 Å². The molecule has 1 amide bonds. The number of carbonyl (C=O) groups excluding carboxylic acids is 1. The van der Waals surface area contributed by atoms with Crippen LogP contribution in [-0.2, 0) is 10.0 Å². The van der Waals surface area contributed by atoms with E-state index in [0.717, 1.165) is 15.2 Å². The minimum atomic E-state index is -3.93. The molecule has 0 fully saturated rings. The van der Waals surface area contributed by atoms with Crippen LogP contribution in [0.1, 0.15) is 28.3 Å². The second-order valence-corrected chi connectivity index (χ2v) is 10.2. The molecule has 0 bridgehead atoms. The fraction of sp³-hybridized carbons (Fsp3) is 0.167. The lowest BCUT2D eigenvalue weighted by atomic mass is 10.2. The van der Waals surface area contributed by atoms with Crippen LogP contribution in [0.3, 0.4) is 0 Å². The molecular weight excluding hydrogens is 458 g/mol. The van der Waals surface area contributed by atoms with Crippen molar-refractivity contribution in [2.45, 2.75) is 17.9 Å². The second kappa shape index (κ2) is 9.21. The largest absolute Gasteiger partial charge is 0.495 e. The van der Waals surface area contributed by atoms with Crippen molar-refractivity contribution in [1.29, 1.82) is 0 Å². The van der Waals surface area contributed by atoms with Gasteiger partial charge in [0.2, 0.25) is 0 Å². The highest BCUT2D eigenvalue weighted by molar-refractivity contribution is 7.92. The number of para-hydroxylation sites is 3. The van der Waals surface area contributed by atoms with Crippen LogP contribution in [0.25, 0.3) is 10.2 Å². The van der Waals surface area contributed by atoms with Gasteiger partial charge in [-0.15, -0.1) is 11.3 Å². The number of anilines is 1. The summed E-state index contributed by atoms with van der Waals surface area (Å²) in [5.41, 5.74) is 1.48. The van der Waals surface area contributed by atoms with E-state index in [1.54, 1.807) is 48.3 Å². The Morgan fingerprint density at radius 3 is 2.55 bits per heavy atom. The molecule has 0 aliphatic carbocycles. The van der Waals surface area contributed by atoms with Crippen molar-refractivity contribution in [2.75, 3.05) is 18.9 Å². The second-order valence-electron chi connectivity index (χ2n) is 7.45. The van der Waals surface area contributed by atoms with Crippen molar-refractivity contribution in [3.63, 3.8) is 0 Å². The number of nitrogens with one attached hydrogen (secondary N) is 1. The van der Waals surface area contributed by atoms with Gasteiger partial charge in [0, 0.05) is 12.6 Å². The zero-order valence-corrected chi connectivity index (χ0v) is 20.0. The van der Waals surface area contributed by atoms with E-state index in [-0.39, 0.29) is 22.4 Å². The van der Waals surface area contributed by atoms with Crippen LogP contribution in [-0.4, -0.2) is 38.4 Å². The number of hydrogen-bond donors (Lipinski definition) is 1. The molecule has 0 unspecified atom stereocenters. The minimum Gasteiger partial charge on any atom is -0.495 e. The summed E-state index contributed by atoms with van der Waals surface area (Å²) in [6, 6.07) is 20.2. The first-order valence-corrected chi connectivity index (χ1v) is 12.5. The average molecular weight is 482 g/mol. The zero-order valence-electron chi connectivity index (χ0n) is 18.3. The molecule has 4 aromatic rings. The van der Waals surface area contributed by atoms with Gasteiger partial charge in [-0.05, 0) is 49.4 Å². The molecule has 0 saturated heterocycles. The number of carbonyl (C=O) groups is 1. The predicted molar refractivity (Wildman–Crippen MR) is 130 cm³/mol. The van der Waals surface area contributed by atoms with Gasteiger partial charge in [-0.25, -0.2) is 13.4 Å². The minimum absolute atomic E-state index is 0.0136. The molecule has 1 N–H and O–H groups in total. The van der Waals surface area contributed by atoms with E-state index in [0.29, 0.717) is 11.4 Å². The number of benzene rings is 3. The molecule has 1 aromatic heterocycles. The molecule has 9 heteroatoms. The quantitative estimate of drug-likeness (QED) is 0.404. The molecule has 4 rings (SSSR count). The average Bonchev–Trinajstić information content (AvgIpc) is 3.27. The van der Waals surface area contributed by atoms with Gasteiger partial charge in [-0.3, -0.25) is 9.52 Å². The van der Waals surface area contributed by atoms with Crippen molar-refractivity contribution in [3.8, 4) is 5.75 Å². The van der Waals surface area contributed by atoms with E-state index in [4.69, 9.17) is 4.74 Å². The monoisotopic (exact) mass is 481 g/mol. The van der Waals surface area contributed by atoms with E-state index in [9.17, 15) is 13.2 Å². The van der Waals surface area contributed by atoms with E-state index in [1.807, 2.05) is 31.2 Å². The molecule has 0 aliphatic rings. The molecular formula is C24H23N3O4S2. The van der Waals surface area contributed by atoms with E-state index < -0.39 is 10.0 Å². The van der Waals surface area contributed by atoms with Gasteiger partial charge in [0.05, 0.1) is 34.0 Å². The van der Waals surface area contributed by atoms with Crippen LogP contribution in [0, 0.1) is 0 Å². The third-order valence-electron chi connectivity index (χ3n) is 5.31. The number of nitrogens with zero attached hydrogens (tertiary/aromatic N) is 2. The van der Waals surface area contributed by atoms with Crippen molar-refractivity contribution in [2.24, 2.45) is 0 Å². The highest BCUT2D eigenvalue weighted by atomic mass is 32.2. The van der Waals surface area contributed by atoms with Crippen LogP contribution >= 0.6 is 11.3 Å². The molecule has 170 valence electrons. The molecule has 7 nitrogen and oxygen atoms in total. The van der Waals surface area contributed by atoms with E-state index in [2.05, 4.69) is 9.71 Å². The summed E-state index contributed by atoms with van der Waals surface area (Å²) in [7, 11) is -0.773. The lowest BCUT2D eigenvalue weighted by Crippen LogP contribution is -2.29. The van der Waals surface area contributed by atoms with Crippen LogP contribution in [0.5, 0.6) is 5.75 Å². The first-order chi connectivity index (χ1) is 15.8. The number of hydrogen-bond acceptors (Lipinski definition) is 6. The summed E-state index contributed by atoms with van der Waals surface area (Å²) in [6.07, 6.45) is 0. The number of amides is 1. The Morgan fingerprint density at radius 1 is 1.06 bits per heavy atom. The Morgan fingerprint density at radius 2 is 1.79 bits per heavy atom. The van der Waals surface area contributed by atoms with Crippen molar-refractivity contribution in [1.82, 2.24) is 9.88 Å². The maximum atomic E-state index is 13.2. The summed E-state index contributed by atoms with van der Waals surface area (Å²) < 4.78 is 34.7. The third kappa shape index (κ3) is 4.69. The lowest BCUT2D eigenvalue weighted by molar-refractivity contribution is 0.0742. The van der Waals surface area contributed by atoms with Crippen molar-refractivity contribution < 1.29 is 17.9 Å². The van der Waals surface area contributed by atoms with Gasteiger partial charge in [0.1, 0.15) is 10.8 Å². The zero-order chi connectivity index (χ0) is 23.6. The first-order valence-electron chi connectivity index (χ1n) is 10.2. The van der Waals surface area contributed by atoms with Crippen molar-refractivity contribution >= 4 is 43.2 Å². The molecule has 0 spiro atoms. The summed E-state index contributed by atoms with van der Waals surface area (Å²) in [5.74, 6) is 0.105. The Bertz CT molecular complexity index is 1380. The smallest absolute Gasteiger partial charge is 0.262 e. The number of fused-ring (bicyclic) bond motifs is 1. The topological polar surface area (TPSA) is 88.6 Å². The summed E-state index contributed by atoms with van der Waals surface area (Å²) >= 11 is 1.54. The molecule has 0 aliphatic heterocycles. The Kier molecular flexibility index (Phi) is 6.35. The van der Waals surface area contributed by atoms with E-state index >= 15 is 0 Å². The Labute approximate surface area is 196 Å². The number of aromatic nitrogens is 1. The maximum absolute atomic E-state index is 13.2. The van der Waals surface area contributed by atoms with Gasteiger partial charge in [0.15, 0.2) is 0 Å². The fourth-order valence-electron chi connectivity index (χ4n) is 3.34. The molecule has 1 atom stereocenters. The van der Waals surface area contributed by atoms with Crippen LogP contribution < -0.4 is 9.46 Å². The third-order valence-corrected chi connectivity index (χ3v) is 7.88. The number of thiazole rings is 1. The summed E-state index contributed by atoms with van der Waals surface area (Å²) in [4.78, 5) is 19.4. The molecule has 0 saturated carbocycles. The van der Waals surface area contributed by atoms with E-state index in [1.165, 1.54) is 30.6 Å². The standard InChI is InChI=1S/C24H23N3O4S2/c1-16(23-25-20-12-5-7-14-22(20)32-23)27(2)24(28)17-9-8-10-18(15-17)33(29,30)26-19-11-4-6-13-21(19)31-3/h4-16,26H,1-3H3/t16-/m1/s1. The van der Waals surface area contributed by atoms with Crippen LogP contribution in [0.15, 0.2) is 77.7 Å². The summed E-state index contributed by atoms with van der Waals surface area (Å²) in [5, 5.41) is 0.814. The number of methoxy groups -OCH3 is 1. The SMILES string of the molecule is COc1ccccc1NS(=O)(=O)c1cccc(C(=O)N(C)[C@H](C)c2nc3ccccc3s2)c1. The highest BCUT2D eigenvalue weighted by Crippen LogP contribution is 2.30. The highest BCUT2D eigenvalue weighted by Gasteiger charge is 2.24. The van der Waals surface area contributed by atoms with Crippen molar-refractivity contribution in [3.05, 3.63) is 83.4 Å². The normalized spacial score (nSPS) is 12.3. The molecule has 0 radical (unpaired) electrons. The van der Waals surface area contributed by atoms with Crippen LogP contribution in [0.2, 0.25) is 0 Å². The fourth-order valence-corrected chi connectivity index (χ4v) is 5.52. The van der Waals surface area contributed by atoms with Gasteiger partial charge < -0.3 is 9.64 Å². The number of sulfonamides is 1. The van der Waals surface area contributed by atoms with Gasteiger partial charge in [-0.1, -0.05) is 30.3 Å². The number of rotatable bonds is 7. The molecule has 3 aromatic carbocycles. The lowest BCUT2D eigenvalue weighted by Gasteiger charge is -2.23. The summed E-state index contributed by atoms with van der Waals surface area (Å²) in [6.45, 7) is 1.90. The Hall–Kier alpha value is -3.43. The molecule has 33 heavy (non-hydrogen) atoms. The predicted octanol–water partition coefficient (Wildman–Crippen LogP) is 4.94. The van der Waals surface area contributed by atoms with Gasteiger partial charge in [0.25, 0.3) is 15.9 Å². The number of ether oxygens (including phenoxy) is 1. The van der Waals surface area contributed by atoms with Crippen LogP contribution in [0.4, 0.5) is 5.69 Å². The first kappa shape index (κ1) is 22.8. The Balaban J connectivity index is 1.57. The van der Waals surface area contributed by atoms with Gasteiger partial charge >= 0.3 is 0 Å². The maximum Gasteiger partial charge on any atom is 0.262 e.